The van der Waals surface area contributed by atoms with Crippen LogP contribution in [0.1, 0.15) is 28.4 Å². The first kappa shape index (κ1) is 16.6. The molecule has 0 saturated carbocycles. The van der Waals surface area contributed by atoms with Gasteiger partial charge in [0, 0.05) is 13.2 Å². The highest BCUT2D eigenvalue weighted by atomic mass is 32.2. The number of rotatable bonds is 6. The molecule has 0 saturated heterocycles. The lowest BCUT2D eigenvalue weighted by atomic mass is 10.1. The predicted octanol–water partition coefficient (Wildman–Crippen LogP) is 1.31. The van der Waals surface area contributed by atoms with Crippen LogP contribution in [-0.2, 0) is 14.8 Å². The van der Waals surface area contributed by atoms with Crippen LogP contribution >= 0.6 is 0 Å². The van der Waals surface area contributed by atoms with Crippen molar-refractivity contribution in [3.05, 3.63) is 28.8 Å². The summed E-state index contributed by atoms with van der Waals surface area (Å²) in [6.45, 7) is 5.23. The molecule has 0 spiro atoms. The van der Waals surface area contributed by atoms with Crippen LogP contribution in [0.5, 0.6) is 0 Å². The van der Waals surface area contributed by atoms with E-state index in [2.05, 4.69) is 4.72 Å². The Balaban J connectivity index is 3.27. The maximum absolute atomic E-state index is 12.3. The van der Waals surface area contributed by atoms with E-state index in [4.69, 9.17) is 9.84 Å². The van der Waals surface area contributed by atoms with Crippen LogP contribution in [0.3, 0.4) is 0 Å². The molecule has 112 valence electrons. The van der Waals surface area contributed by atoms with E-state index in [0.29, 0.717) is 11.1 Å². The van der Waals surface area contributed by atoms with E-state index in [1.807, 2.05) is 0 Å². The van der Waals surface area contributed by atoms with Crippen LogP contribution in [0.2, 0.25) is 0 Å². The number of ether oxygens (including phenoxy) is 1. The summed E-state index contributed by atoms with van der Waals surface area (Å²) in [5.74, 6) is -1.16. The number of carbonyl (C=O) groups is 1. The summed E-state index contributed by atoms with van der Waals surface area (Å²) in [4.78, 5) is 11.0. The molecule has 0 fully saturated rings. The molecule has 20 heavy (non-hydrogen) atoms. The maximum Gasteiger partial charge on any atom is 0.335 e. The molecule has 1 unspecified atom stereocenters. The molecule has 1 aromatic rings. The number of nitrogens with one attached hydrogen (secondary N) is 1. The van der Waals surface area contributed by atoms with E-state index in [1.54, 1.807) is 20.8 Å². The van der Waals surface area contributed by atoms with Gasteiger partial charge in [-0.1, -0.05) is 0 Å². The molecule has 0 aliphatic heterocycles. The maximum atomic E-state index is 12.3. The fourth-order valence-electron chi connectivity index (χ4n) is 1.84. The second-order valence-electron chi connectivity index (χ2n) is 4.70. The summed E-state index contributed by atoms with van der Waals surface area (Å²) < 4.78 is 32.0. The number of carboxylic acids is 1. The number of carboxylic acid groups (broad SMARTS) is 1. The monoisotopic (exact) mass is 301 g/mol. The van der Waals surface area contributed by atoms with Crippen molar-refractivity contribution in [3.8, 4) is 0 Å². The largest absolute Gasteiger partial charge is 0.478 e. The molecule has 1 rings (SSSR count). The Morgan fingerprint density at radius 3 is 2.50 bits per heavy atom. The zero-order valence-corrected chi connectivity index (χ0v) is 12.7. The van der Waals surface area contributed by atoms with E-state index in [0.717, 1.165) is 0 Å². The van der Waals surface area contributed by atoms with Gasteiger partial charge in [0.1, 0.15) is 0 Å². The first-order chi connectivity index (χ1) is 9.19. The van der Waals surface area contributed by atoms with Crippen molar-refractivity contribution in [1.29, 1.82) is 0 Å². The molecule has 0 aliphatic rings. The fourth-order valence-corrected chi connectivity index (χ4v) is 3.41. The van der Waals surface area contributed by atoms with E-state index < -0.39 is 22.0 Å². The molecule has 1 atom stereocenters. The number of aromatic carboxylic acids is 1. The number of hydrogen-bond acceptors (Lipinski definition) is 4. The predicted molar refractivity (Wildman–Crippen MR) is 74.5 cm³/mol. The van der Waals surface area contributed by atoms with Gasteiger partial charge in [-0.25, -0.2) is 17.9 Å². The Bertz CT molecular complexity index is 609. The van der Waals surface area contributed by atoms with Crippen molar-refractivity contribution >= 4 is 16.0 Å². The topological polar surface area (TPSA) is 92.7 Å². The Morgan fingerprint density at radius 2 is 2.00 bits per heavy atom. The third-order valence-electron chi connectivity index (χ3n) is 2.93. The minimum atomic E-state index is -3.78. The third kappa shape index (κ3) is 3.78. The van der Waals surface area contributed by atoms with Crippen LogP contribution in [0.4, 0.5) is 0 Å². The highest BCUT2D eigenvalue weighted by molar-refractivity contribution is 7.89. The molecule has 2 N–H and O–H groups in total. The molecule has 0 aromatic heterocycles. The molecule has 0 aliphatic carbocycles. The number of hydrogen-bond donors (Lipinski definition) is 2. The number of sulfonamides is 1. The lowest BCUT2D eigenvalue weighted by molar-refractivity contribution is 0.0696. The zero-order chi connectivity index (χ0) is 15.5. The summed E-state index contributed by atoms with van der Waals surface area (Å²) in [6, 6.07) is 2.22. The zero-order valence-electron chi connectivity index (χ0n) is 11.9. The van der Waals surface area contributed by atoms with E-state index >= 15 is 0 Å². The third-order valence-corrected chi connectivity index (χ3v) is 4.64. The van der Waals surface area contributed by atoms with Crippen molar-refractivity contribution in [3.63, 3.8) is 0 Å². The molecule has 6 nitrogen and oxygen atoms in total. The Labute approximate surface area is 118 Å². The van der Waals surface area contributed by atoms with Gasteiger partial charge < -0.3 is 9.84 Å². The van der Waals surface area contributed by atoms with Gasteiger partial charge in [0.2, 0.25) is 10.0 Å². The molecule has 0 bridgehead atoms. The SMILES string of the molecule is COCC(C)NS(=O)(=O)c1cc(C(=O)O)cc(C)c1C. The van der Waals surface area contributed by atoms with Crippen molar-refractivity contribution in [2.45, 2.75) is 31.7 Å². The first-order valence-electron chi connectivity index (χ1n) is 6.05. The van der Waals surface area contributed by atoms with Gasteiger partial charge in [0.05, 0.1) is 17.1 Å². The van der Waals surface area contributed by atoms with Gasteiger partial charge >= 0.3 is 5.97 Å². The quantitative estimate of drug-likeness (QED) is 0.826. The van der Waals surface area contributed by atoms with E-state index in [-0.39, 0.29) is 17.1 Å². The highest BCUT2D eigenvalue weighted by Gasteiger charge is 2.22. The van der Waals surface area contributed by atoms with Gasteiger partial charge in [-0.3, -0.25) is 0 Å². The van der Waals surface area contributed by atoms with Gasteiger partial charge in [-0.2, -0.15) is 0 Å². The smallest absolute Gasteiger partial charge is 0.335 e. The van der Waals surface area contributed by atoms with Crippen LogP contribution in [0, 0.1) is 13.8 Å². The number of aryl methyl sites for hydroxylation is 1. The van der Waals surface area contributed by atoms with Gasteiger partial charge in [-0.15, -0.1) is 0 Å². The van der Waals surface area contributed by atoms with Crippen LogP contribution < -0.4 is 4.72 Å². The van der Waals surface area contributed by atoms with Crippen molar-refractivity contribution in [2.75, 3.05) is 13.7 Å². The second-order valence-corrected chi connectivity index (χ2v) is 6.38. The average molecular weight is 301 g/mol. The Hall–Kier alpha value is -1.44. The van der Waals surface area contributed by atoms with E-state index in [9.17, 15) is 13.2 Å². The second kappa shape index (κ2) is 6.34. The van der Waals surface area contributed by atoms with Gasteiger partial charge in [-0.05, 0) is 44.0 Å². The molecular formula is C13H19NO5S. The normalized spacial score (nSPS) is 13.2. The van der Waals surface area contributed by atoms with Crippen LogP contribution in [-0.4, -0.2) is 39.3 Å². The lowest BCUT2D eigenvalue weighted by Crippen LogP contribution is -2.36. The standard InChI is InChI=1S/C13H19NO5S/c1-8-5-11(13(15)16)6-12(10(8)3)20(17,18)14-9(2)7-19-4/h5-6,9,14H,7H2,1-4H3,(H,15,16). The average Bonchev–Trinajstić information content (AvgIpc) is 2.31. The Kier molecular flexibility index (Phi) is 5.27. The van der Waals surface area contributed by atoms with Gasteiger partial charge in [0.25, 0.3) is 0 Å². The van der Waals surface area contributed by atoms with Crippen molar-refractivity contribution in [2.24, 2.45) is 0 Å². The van der Waals surface area contributed by atoms with Crippen LogP contribution in [0.15, 0.2) is 17.0 Å². The first-order valence-corrected chi connectivity index (χ1v) is 7.53. The van der Waals surface area contributed by atoms with Crippen molar-refractivity contribution in [1.82, 2.24) is 4.72 Å². The minimum Gasteiger partial charge on any atom is -0.478 e. The summed E-state index contributed by atoms with van der Waals surface area (Å²) >= 11 is 0. The van der Waals surface area contributed by atoms with Crippen LogP contribution in [0.25, 0.3) is 0 Å². The fraction of sp³-hybridized carbons (Fsp3) is 0.462. The summed E-state index contributed by atoms with van der Waals surface area (Å²) in [5, 5.41) is 9.02. The highest BCUT2D eigenvalue weighted by Crippen LogP contribution is 2.21. The molecule has 7 heteroatoms. The number of benzene rings is 1. The molecule has 0 amide bonds. The summed E-state index contributed by atoms with van der Waals surface area (Å²) in [7, 11) is -2.31. The van der Waals surface area contributed by atoms with Crippen molar-refractivity contribution < 1.29 is 23.1 Å². The minimum absolute atomic E-state index is 0.0159. The molecular weight excluding hydrogens is 282 g/mol. The summed E-state index contributed by atoms with van der Waals surface area (Å²) in [5.41, 5.74) is 1.10. The molecule has 0 heterocycles. The molecule has 0 radical (unpaired) electrons. The summed E-state index contributed by atoms with van der Waals surface area (Å²) in [6.07, 6.45) is 0. The van der Waals surface area contributed by atoms with E-state index in [1.165, 1.54) is 19.2 Å². The molecule has 1 aromatic carbocycles. The lowest BCUT2D eigenvalue weighted by Gasteiger charge is -2.16. The Morgan fingerprint density at radius 1 is 1.40 bits per heavy atom. The van der Waals surface area contributed by atoms with Gasteiger partial charge in [0.15, 0.2) is 0 Å². The number of methoxy groups -OCH3 is 1.